The Hall–Kier alpha value is -1.16. The maximum absolute atomic E-state index is 6.26. The molecule has 0 radical (unpaired) electrons. The first-order chi connectivity index (χ1) is 10.2. The molecule has 1 heterocycles. The minimum atomic E-state index is 0.727. The van der Waals surface area contributed by atoms with Gasteiger partial charge in [-0.1, -0.05) is 11.6 Å². The lowest BCUT2D eigenvalue weighted by Gasteiger charge is -2.15. The van der Waals surface area contributed by atoms with Crippen molar-refractivity contribution in [2.75, 3.05) is 20.3 Å². The Bertz CT molecular complexity index is 670. The fourth-order valence-corrected chi connectivity index (χ4v) is 3.45. The minimum Gasteiger partial charge on any atom is -0.383 e. The van der Waals surface area contributed by atoms with E-state index in [-0.39, 0.29) is 0 Å². The molecular formula is C17H21ClN2O. The normalized spacial score (nSPS) is 13.9. The van der Waals surface area contributed by atoms with Crippen LogP contribution in [0.5, 0.6) is 0 Å². The van der Waals surface area contributed by atoms with Crippen molar-refractivity contribution in [3.05, 3.63) is 39.5 Å². The predicted octanol–water partition coefficient (Wildman–Crippen LogP) is 3.42. The summed E-state index contributed by atoms with van der Waals surface area (Å²) in [5, 5.41) is 5.46. The number of aromatic nitrogens is 1. The van der Waals surface area contributed by atoms with Gasteiger partial charge >= 0.3 is 0 Å². The number of hydrogen-bond acceptors (Lipinski definition) is 3. The van der Waals surface area contributed by atoms with E-state index >= 15 is 0 Å². The van der Waals surface area contributed by atoms with Crippen LogP contribution in [-0.4, -0.2) is 25.2 Å². The van der Waals surface area contributed by atoms with Crippen molar-refractivity contribution >= 4 is 22.5 Å². The molecule has 3 nitrogen and oxygen atoms in total. The molecule has 0 saturated heterocycles. The highest BCUT2D eigenvalue weighted by Crippen LogP contribution is 2.32. The van der Waals surface area contributed by atoms with Crippen LogP contribution in [0.25, 0.3) is 10.9 Å². The van der Waals surface area contributed by atoms with Crippen LogP contribution < -0.4 is 5.32 Å². The Morgan fingerprint density at radius 2 is 2.19 bits per heavy atom. The lowest BCUT2D eigenvalue weighted by Crippen LogP contribution is -2.20. The van der Waals surface area contributed by atoms with Crippen molar-refractivity contribution in [1.29, 1.82) is 0 Å². The molecular weight excluding hydrogens is 284 g/mol. The molecule has 0 amide bonds. The van der Waals surface area contributed by atoms with E-state index in [1.54, 1.807) is 7.11 Å². The van der Waals surface area contributed by atoms with Gasteiger partial charge < -0.3 is 10.1 Å². The van der Waals surface area contributed by atoms with Crippen LogP contribution in [0.1, 0.15) is 28.8 Å². The van der Waals surface area contributed by atoms with Gasteiger partial charge in [-0.2, -0.15) is 0 Å². The molecule has 112 valence electrons. The summed E-state index contributed by atoms with van der Waals surface area (Å²) in [7, 11) is 1.73. The van der Waals surface area contributed by atoms with Crippen molar-refractivity contribution in [2.45, 2.75) is 32.7 Å². The smallest absolute Gasteiger partial charge is 0.0738 e. The van der Waals surface area contributed by atoms with Gasteiger partial charge in [-0.05, 0) is 55.0 Å². The lowest BCUT2D eigenvalue weighted by atomic mass is 9.99. The molecule has 2 aromatic rings. The van der Waals surface area contributed by atoms with E-state index in [0.29, 0.717) is 0 Å². The van der Waals surface area contributed by atoms with Gasteiger partial charge in [0.2, 0.25) is 0 Å². The topological polar surface area (TPSA) is 34.1 Å². The molecule has 0 spiro atoms. The summed E-state index contributed by atoms with van der Waals surface area (Å²) in [6.45, 7) is 4.52. The molecule has 0 atom stereocenters. The maximum atomic E-state index is 6.26. The van der Waals surface area contributed by atoms with Gasteiger partial charge in [0.05, 0.1) is 12.1 Å². The molecule has 1 N–H and O–H groups in total. The molecule has 1 aromatic carbocycles. The first-order valence-electron chi connectivity index (χ1n) is 7.51. The van der Waals surface area contributed by atoms with Crippen LogP contribution in [0.2, 0.25) is 5.02 Å². The van der Waals surface area contributed by atoms with Crippen molar-refractivity contribution in [2.24, 2.45) is 0 Å². The van der Waals surface area contributed by atoms with E-state index in [9.17, 15) is 0 Å². The molecule has 1 aromatic heterocycles. The molecule has 0 fully saturated rings. The molecule has 1 aliphatic rings. The molecule has 21 heavy (non-hydrogen) atoms. The molecule has 3 rings (SSSR count). The van der Waals surface area contributed by atoms with Crippen LogP contribution in [0.4, 0.5) is 0 Å². The highest BCUT2D eigenvalue weighted by Gasteiger charge is 2.20. The Labute approximate surface area is 130 Å². The molecule has 0 aliphatic heterocycles. The van der Waals surface area contributed by atoms with Gasteiger partial charge in [0, 0.05) is 36.3 Å². The van der Waals surface area contributed by atoms with E-state index < -0.39 is 0 Å². The third-order valence-electron chi connectivity index (χ3n) is 4.17. The summed E-state index contributed by atoms with van der Waals surface area (Å²) in [5.41, 5.74) is 6.33. The van der Waals surface area contributed by atoms with Gasteiger partial charge in [-0.3, -0.25) is 4.98 Å². The van der Waals surface area contributed by atoms with Crippen molar-refractivity contribution in [1.82, 2.24) is 10.3 Å². The predicted molar refractivity (Wildman–Crippen MR) is 87.1 cm³/mol. The van der Waals surface area contributed by atoms with Gasteiger partial charge in [-0.25, -0.2) is 0 Å². The third kappa shape index (κ3) is 2.91. The summed E-state index contributed by atoms with van der Waals surface area (Å²) >= 11 is 6.26. The number of benzene rings is 1. The maximum Gasteiger partial charge on any atom is 0.0738 e. The standard InChI is InChI=1S/C17H21ClN2O/c1-11-8-12(18)9-14-15(10-19-6-7-21-2)13-4-3-5-16(13)20-17(11)14/h8-9,19H,3-7,10H2,1-2H3. The fraction of sp³-hybridized carbons (Fsp3) is 0.471. The zero-order valence-corrected chi connectivity index (χ0v) is 13.4. The number of aryl methyl sites for hydroxylation is 2. The van der Waals surface area contributed by atoms with Crippen LogP contribution in [-0.2, 0) is 24.1 Å². The van der Waals surface area contributed by atoms with Crippen LogP contribution >= 0.6 is 11.6 Å². The van der Waals surface area contributed by atoms with Gasteiger partial charge in [0.25, 0.3) is 0 Å². The summed E-state index contributed by atoms with van der Waals surface area (Å²) in [6.07, 6.45) is 3.43. The number of nitrogens with zero attached hydrogens (tertiary/aromatic N) is 1. The molecule has 0 bridgehead atoms. The summed E-state index contributed by atoms with van der Waals surface area (Å²) in [5.74, 6) is 0. The Morgan fingerprint density at radius 1 is 1.33 bits per heavy atom. The number of methoxy groups -OCH3 is 1. The van der Waals surface area contributed by atoms with Crippen LogP contribution in [0, 0.1) is 6.92 Å². The summed E-state index contributed by atoms with van der Waals surface area (Å²) in [4.78, 5) is 4.89. The SMILES string of the molecule is COCCNCc1c2c(nc3c(C)cc(Cl)cc13)CCC2. The molecule has 4 heteroatoms. The Kier molecular flexibility index (Phi) is 4.43. The summed E-state index contributed by atoms with van der Waals surface area (Å²) in [6, 6.07) is 4.06. The van der Waals surface area contributed by atoms with Crippen LogP contribution in [0.15, 0.2) is 12.1 Å². The fourth-order valence-electron chi connectivity index (χ4n) is 3.18. The highest BCUT2D eigenvalue weighted by atomic mass is 35.5. The van der Waals surface area contributed by atoms with E-state index in [1.807, 2.05) is 6.07 Å². The number of nitrogens with one attached hydrogen (secondary N) is 1. The number of ether oxygens (including phenoxy) is 1. The Morgan fingerprint density at radius 3 is 3.00 bits per heavy atom. The first-order valence-corrected chi connectivity index (χ1v) is 7.88. The second-order valence-electron chi connectivity index (χ2n) is 5.66. The lowest BCUT2D eigenvalue weighted by molar-refractivity contribution is 0.199. The minimum absolute atomic E-state index is 0.727. The van der Waals surface area contributed by atoms with E-state index in [2.05, 4.69) is 18.3 Å². The number of halogens is 1. The average molecular weight is 305 g/mol. The number of fused-ring (bicyclic) bond motifs is 2. The number of rotatable bonds is 5. The van der Waals surface area contributed by atoms with Gasteiger partial charge in [-0.15, -0.1) is 0 Å². The van der Waals surface area contributed by atoms with Crippen molar-refractivity contribution < 1.29 is 4.74 Å². The zero-order chi connectivity index (χ0) is 14.8. The average Bonchev–Trinajstić information content (AvgIpc) is 2.91. The molecule has 0 saturated carbocycles. The van der Waals surface area contributed by atoms with Crippen molar-refractivity contribution in [3.63, 3.8) is 0 Å². The summed E-state index contributed by atoms with van der Waals surface area (Å²) < 4.78 is 5.10. The quantitative estimate of drug-likeness (QED) is 0.860. The van der Waals surface area contributed by atoms with Gasteiger partial charge in [0.15, 0.2) is 0 Å². The van der Waals surface area contributed by atoms with E-state index in [0.717, 1.165) is 48.6 Å². The molecule has 1 aliphatic carbocycles. The second-order valence-corrected chi connectivity index (χ2v) is 6.09. The van der Waals surface area contributed by atoms with E-state index in [4.69, 9.17) is 21.3 Å². The Balaban J connectivity index is 2.06. The van der Waals surface area contributed by atoms with Gasteiger partial charge in [0.1, 0.15) is 0 Å². The zero-order valence-electron chi connectivity index (χ0n) is 12.6. The molecule has 0 unspecified atom stereocenters. The first kappa shape index (κ1) is 14.8. The largest absolute Gasteiger partial charge is 0.383 e. The number of hydrogen-bond donors (Lipinski definition) is 1. The van der Waals surface area contributed by atoms with E-state index in [1.165, 1.54) is 28.6 Å². The van der Waals surface area contributed by atoms with Crippen molar-refractivity contribution in [3.8, 4) is 0 Å². The number of pyridine rings is 1. The third-order valence-corrected chi connectivity index (χ3v) is 4.39. The second kappa shape index (κ2) is 6.30. The van der Waals surface area contributed by atoms with Crippen LogP contribution in [0.3, 0.4) is 0 Å². The highest BCUT2D eigenvalue weighted by molar-refractivity contribution is 6.31. The monoisotopic (exact) mass is 304 g/mol.